The Labute approximate surface area is 139 Å². The van der Waals surface area contributed by atoms with Crippen molar-refractivity contribution in [1.82, 2.24) is 5.32 Å². The fourth-order valence-electron chi connectivity index (χ4n) is 2.65. The van der Waals surface area contributed by atoms with Gasteiger partial charge in [0.25, 0.3) is 0 Å². The van der Waals surface area contributed by atoms with Crippen molar-refractivity contribution in [3.05, 3.63) is 71.3 Å². The van der Waals surface area contributed by atoms with Crippen molar-refractivity contribution in [2.24, 2.45) is 0 Å². The van der Waals surface area contributed by atoms with Gasteiger partial charge in [-0.15, -0.1) is 0 Å². The first-order chi connectivity index (χ1) is 11.2. The van der Waals surface area contributed by atoms with E-state index in [0.717, 1.165) is 25.7 Å². The smallest absolute Gasteiger partial charge is 0.220 e. The van der Waals surface area contributed by atoms with Crippen molar-refractivity contribution in [3.63, 3.8) is 0 Å². The highest BCUT2D eigenvalue weighted by atomic mass is 16.1. The fourth-order valence-corrected chi connectivity index (χ4v) is 2.65. The molecule has 2 nitrogen and oxygen atoms in total. The number of nitrogens with one attached hydrogen (secondary N) is 1. The van der Waals surface area contributed by atoms with E-state index in [9.17, 15) is 4.79 Å². The molecule has 1 N–H and O–H groups in total. The first-order valence-electron chi connectivity index (χ1n) is 8.58. The molecule has 2 heteroatoms. The highest BCUT2D eigenvalue weighted by molar-refractivity contribution is 5.76. The van der Waals surface area contributed by atoms with E-state index in [1.807, 2.05) is 6.07 Å². The van der Waals surface area contributed by atoms with E-state index in [1.54, 1.807) is 0 Å². The van der Waals surface area contributed by atoms with Gasteiger partial charge in [-0.25, -0.2) is 0 Å². The maximum Gasteiger partial charge on any atom is 0.220 e. The number of aryl methyl sites for hydroxylation is 3. The minimum absolute atomic E-state index is 0.144. The molecule has 0 fully saturated rings. The summed E-state index contributed by atoms with van der Waals surface area (Å²) in [6.07, 6.45) is 4.39. The van der Waals surface area contributed by atoms with Crippen LogP contribution in [0.2, 0.25) is 0 Å². The SMILES string of the molecule is CCc1ccc(CCC(=O)N[C@@H](C)CCc2ccccc2)cc1. The summed E-state index contributed by atoms with van der Waals surface area (Å²) >= 11 is 0. The normalized spacial score (nSPS) is 11.9. The van der Waals surface area contributed by atoms with E-state index in [2.05, 4.69) is 67.7 Å². The molecular formula is C21H27NO. The Balaban J connectivity index is 1.69. The summed E-state index contributed by atoms with van der Waals surface area (Å²) in [5.74, 6) is 0.144. The second kappa shape index (κ2) is 9.14. The third kappa shape index (κ3) is 6.27. The predicted octanol–water partition coefficient (Wildman–Crippen LogP) is 4.32. The Morgan fingerprint density at radius 1 is 0.913 bits per heavy atom. The van der Waals surface area contributed by atoms with E-state index in [4.69, 9.17) is 0 Å². The quantitative estimate of drug-likeness (QED) is 0.773. The van der Waals surface area contributed by atoms with Crippen molar-refractivity contribution in [3.8, 4) is 0 Å². The van der Waals surface area contributed by atoms with Crippen LogP contribution in [0.5, 0.6) is 0 Å². The van der Waals surface area contributed by atoms with Gasteiger partial charge in [-0.1, -0.05) is 61.5 Å². The molecule has 0 unspecified atom stereocenters. The predicted molar refractivity (Wildman–Crippen MR) is 96.5 cm³/mol. The zero-order chi connectivity index (χ0) is 16.5. The summed E-state index contributed by atoms with van der Waals surface area (Å²) in [4.78, 5) is 12.1. The number of carbonyl (C=O) groups is 1. The Hall–Kier alpha value is -2.09. The summed E-state index contributed by atoms with van der Waals surface area (Å²) in [5.41, 5.74) is 3.90. The average Bonchev–Trinajstić information content (AvgIpc) is 2.59. The molecule has 0 aliphatic carbocycles. The van der Waals surface area contributed by atoms with Crippen LogP contribution < -0.4 is 5.32 Å². The summed E-state index contributed by atoms with van der Waals surface area (Å²) in [5, 5.41) is 3.10. The molecule has 0 bridgehead atoms. The molecule has 0 saturated heterocycles. The van der Waals surface area contributed by atoms with Crippen molar-refractivity contribution in [1.29, 1.82) is 0 Å². The van der Waals surface area contributed by atoms with Gasteiger partial charge in [-0.2, -0.15) is 0 Å². The van der Waals surface area contributed by atoms with Crippen LogP contribution in [-0.4, -0.2) is 11.9 Å². The number of hydrogen-bond donors (Lipinski definition) is 1. The molecule has 2 aromatic carbocycles. The molecule has 0 aliphatic rings. The van der Waals surface area contributed by atoms with Gasteiger partial charge in [0.15, 0.2) is 0 Å². The Kier molecular flexibility index (Phi) is 6.86. The van der Waals surface area contributed by atoms with Gasteiger partial charge < -0.3 is 5.32 Å². The molecule has 23 heavy (non-hydrogen) atoms. The molecule has 0 aromatic heterocycles. The molecule has 0 heterocycles. The van der Waals surface area contributed by atoms with Crippen LogP contribution >= 0.6 is 0 Å². The zero-order valence-electron chi connectivity index (χ0n) is 14.2. The molecule has 0 spiro atoms. The lowest BCUT2D eigenvalue weighted by atomic mass is 10.0. The summed E-state index contributed by atoms with van der Waals surface area (Å²) < 4.78 is 0. The average molecular weight is 309 g/mol. The van der Waals surface area contributed by atoms with Crippen molar-refractivity contribution < 1.29 is 4.79 Å². The van der Waals surface area contributed by atoms with E-state index in [-0.39, 0.29) is 11.9 Å². The van der Waals surface area contributed by atoms with Gasteiger partial charge in [0.05, 0.1) is 0 Å². The molecule has 2 rings (SSSR count). The highest BCUT2D eigenvalue weighted by Crippen LogP contribution is 2.08. The van der Waals surface area contributed by atoms with Gasteiger partial charge in [0.1, 0.15) is 0 Å². The fraction of sp³-hybridized carbons (Fsp3) is 0.381. The van der Waals surface area contributed by atoms with Crippen molar-refractivity contribution in [2.75, 3.05) is 0 Å². The van der Waals surface area contributed by atoms with Crippen LogP contribution in [0.4, 0.5) is 0 Å². The molecule has 1 amide bonds. The number of amides is 1. The Morgan fingerprint density at radius 3 is 2.17 bits per heavy atom. The van der Waals surface area contributed by atoms with Crippen LogP contribution in [0.15, 0.2) is 54.6 Å². The molecular weight excluding hydrogens is 282 g/mol. The number of rotatable bonds is 8. The zero-order valence-corrected chi connectivity index (χ0v) is 14.2. The molecule has 1 atom stereocenters. The van der Waals surface area contributed by atoms with E-state index in [1.165, 1.54) is 16.7 Å². The van der Waals surface area contributed by atoms with Gasteiger partial charge in [0, 0.05) is 12.5 Å². The standard InChI is InChI=1S/C21H27NO/c1-3-18-11-13-20(14-12-18)15-16-21(23)22-17(2)9-10-19-7-5-4-6-8-19/h4-8,11-14,17H,3,9-10,15-16H2,1-2H3,(H,22,23)/t17-/m0/s1. The first-order valence-corrected chi connectivity index (χ1v) is 8.58. The van der Waals surface area contributed by atoms with E-state index < -0.39 is 0 Å². The molecule has 2 aromatic rings. The first kappa shape index (κ1) is 17.3. The van der Waals surface area contributed by atoms with Crippen LogP contribution in [0.1, 0.15) is 43.4 Å². The third-order valence-corrected chi connectivity index (χ3v) is 4.19. The lowest BCUT2D eigenvalue weighted by Gasteiger charge is -2.14. The van der Waals surface area contributed by atoms with Gasteiger partial charge in [-0.05, 0) is 49.3 Å². The Morgan fingerprint density at radius 2 is 1.52 bits per heavy atom. The number of hydrogen-bond acceptors (Lipinski definition) is 1. The topological polar surface area (TPSA) is 29.1 Å². The van der Waals surface area contributed by atoms with Crippen LogP contribution in [0.3, 0.4) is 0 Å². The summed E-state index contributed by atoms with van der Waals surface area (Å²) in [6.45, 7) is 4.23. The summed E-state index contributed by atoms with van der Waals surface area (Å²) in [6, 6.07) is 19.2. The largest absolute Gasteiger partial charge is 0.354 e. The molecule has 0 radical (unpaired) electrons. The Bertz CT molecular complexity index is 589. The van der Waals surface area contributed by atoms with Gasteiger partial charge in [0.2, 0.25) is 5.91 Å². The second-order valence-corrected chi connectivity index (χ2v) is 6.16. The third-order valence-electron chi connectivity index (χ3n) is 4.19. The van der Waals surface area contributed by atoms with Crippen molar-refractivity contribution >= 4 is 5.91 Å². The molecule has 0 saturated carbocycles. The van der Waals surface area contributed by atoms with Crippen molar-refractivity contribution in [2.45, 2.75) is 52.0 Å². The summed E-state index contributed by atoms with van der Waals surface area (Å²) in [7, 11) is 0. The number of carbonyl (C=O) groups excluding carboxylic acids is 1. The molecule has 0 aliphatic heterocycles. The molecule has 122 valence electrons. The van der Waals surface area contributed by atoms with Gasteiger partial charge in [-0.3, -0.25) is 4.79 Å². The maximum atomic E-state index is 12.1. The number of benzene rings is 2. The van der Waals surface area contributed by atoms with E-state index >= 15 is 0 Å². The lowest BCUT2D eigenvalue weighted by Crippen LogP contribution is -2.33. The minimum atomic E-state index is 0.144. The van der Waals surface area contributed by atoms with Crippen LogP contribution in [0, 0.1) is 0 Å². The van der Waals surface area contributed by atoms with E-state index in [0.29, 0.717) is 6.42 Å². The van der Waals surface area contributed by atoms with Crippen LogP contribution in [0.25, 0.3) is 0 Å². The minimum Gasteiger partial charge on any atom is -0.354 e. The monoisotopic (exact) mass is 309 g/mol. The van der Waals surface area contributed by atoms with Gasteiger partial charge >= 0.3 is 0 Å². The lowest BCUT2D eigenvalue weighted by molar-refractivity contribution is -0.121. The highest BCUT2D eigenvalue weighted by Gasteiger charge is 2.08. The second-order valence-electron chi connectivity index (χ2n) is 6.16. The van der Waals surface area contributed by atoms with Crippen LogP contribution in [-0.2, 0) is 24.1 Å². The maximum absolute atomic E-state index is 12.1.